The lowest BCUT2D eigenvalue weighted by molar-refractivity contribution is -0.136. The molecule has 16 heavy (non-hydrogen) atoms. The van der Waals surface area contributed by atoms with Crippen molar-refractivity contribution in [3.63, 3.8) is 0 Å². The molecule has 1 N–H and O–H groups in total. The van der Waals surface area contributed by atoms with Crippen LogP contribution in [0, 0.1) is 5.41 Å². The van der Waals surface area contributed by atoms with E-state index in [0.717, 1.165) is 0 Å². The van der Waals surface area contributed by atoms with Crippen molar-refractivity contribution >= 4 is 11.8 Å². The van der Waals surface area contributed by atoms with E-state index in [1.165, 1.54) is 0 Å². The summed E-state index contributed by atoms with van der Waals surface area (Å²) in [4.78, 5) is 22.8. The van der Waals surface area contributed by atoms with E-state index in [9.17, 15) is 9.59 Å². The van der Waals surface area contributed by atoms with Crippen LogP contribution >= 0.6 is 0 Å². The highest BCUT2D eigenvalue weighted by Crippen LogP contribution is 2.23. The van der Waals surface area contributed by atoms with Gasteiger partial charge in [0, 0.05) is 11.0 Å². The molecule has 0 unspecified atom stereocenters. The predicted molar refractivity (Wildman–Crippen MR) is 61.6 cm³/mol. The van der Waals surface area contributed by atoms with Gasteiger partial charge in [0.05, 0.1) is 6.42 Å². The van der Waals surface area contributed by atoms with E-state index in [-0.39, 0.29) is 12.2 Å². The van der Waals surface area contributed by atoms with E-state index in [1.54, 1.807) is 24.3 Å². The number of hydrogen-bond donors (Lipinski definition) is 1. The molecule has 0 spiro atoms. The molecule has 0 bridgehead atoms. The van der Waals surface area contributed by atoms with Crippen molar-refractivity contribution in [1.29, 1.82) is 0 Å². The predicted octanol–water partition coefficient (Wildman–Crippen LogP) is 2.54. The SMILES string of the molecule is CC(C)(C)C(=O)c1ccccc1CC(=O)O. The summed E-state index contributed by atoms with van der Waals surface area (Å²) in [6.45, 7) is 5.48. The van der Waals surface area contributed by atoms with Crippen molar-refractivity contribution in [2.24, 2.45) is 5.41 Å². The summed E-state index contributed by atoms with van der Waals surface area (Å²) >= 11 is 0. The second kappa shape index (κ2) is 4.47. The van der Waals surface area contributed by atoms with Crippen LogP contribution in [0.25, 0.3) is 0 Å². The minimum atomic E-state index is -0.922. The van der Waals surface area contributed by atoms with Gasteiger partial charge < -0.3 is 5.11 Å². The molecule has 0 heterocycles. The third-order valence-electron chi connectivity index (χ3n) is 2.28. The Morgan fingerprint density at radius 1 is 1.19 bits per heavy atom. The molecule has 1 rings (SSSR count). The van der Waals surface area contributed by atoms with Crippen LogP contribution in [0.5, 0.6) is 0 Å². The highest BCUT2D eigenvalue weighted by molar-refractivity contribution is 6.01. The van der Waals surface area contributed by atoms with E-state index in [1.807, 2.05) is 20.8 Å². The van der Waals surface area contributed by atoms with E-state index in [2.05, 4.69) is 0 Å². The van der Waals surface area contributed by atoms with Crippen molar-refractivity contribution in [2.75, 3.05) is 0 Å². The van der Waals surface area contributed by atoms with Crippen LogP contribution in [0.1, 0.15) is 36.7 Å². The van der Waals surface area contributed by atoms with Gasteiger partial charge in [-0.2, -0.15) is 0 Å². The Morgan fingerprint density at radius 2 is 1.75 bits per heavy atom. The Kier molecular flexibility index (Phi) is 3.48. The molecule has 86 valence electrons. The average Bonchev–Trinajstić information content (AvgIpc) is 2.15. The van der Waals surface area contributed by atoms with Gasteiger partial charge in [0.15, 0.2) is 5.78 Å². The normalized spacial score (nSPS) is 11.2. The van der Waals surface area contributed by atoms with Gasteiger partial charge in [0.2, 0.25) is 0 Å². The zero-order valence-corrected chi connectivity index (χ0v) is 9.78. The van der Waals surface area contributed by atoms with Crippen LogP contribution in [-0.2, 0) is 11.2 Å². The number of ketones is 1. The summed E-state index contributed by atoms with van der Waals surface area (Å²) in [5, 5.41) is 8.76. The maximum atomic E-state index is 12.1. The largest absolute Gasteiger partial charge is 0.481 e. The lowest BCUT2D eigenvalue weighted by atomic mass is 9.84. The molecule has 0 radical (unpaired) electrons. The number of hydrogen-bond acceptors (Lipinski definition) is 2. The van der Waals surface area contributed by atoms with Gasteiger partial charge in [-0.1, -0.05) is 45.0 Å². The zero-order valence-electron chi connectivity index (χ0n) is 9.78. The first-order valence-corrected chi connectivity index (χ1v) is 5.17. The maximum absolute atomic E-state index is 12.1. The zero-order chi connectivity index (χ0) is 12.3. The summed E-state index contributed by atoms with van der Waals surface area (Å²) < 4.78 is 0. The van der Waals surface area contributed by atoms with Crippen molar-refractivity contribution < 1.29 is 14.7 Å². The molecule has 3 nitrogen and oxygen atoms in total. The molecule has 0 aliphatic carbocycles. The van der Waals surface area contributed by atoms with Crippen LogP contribution in [-0.4, -0.2) is 16.9 Å². The van der Waals surface area contributed by atoms with Crippen LogP contribution in [0.2, 0.25) is 0 Å². The van der Waals surface area contributed by atoms with E-state index in [0.29, 0.717) is 11.1 Å². The average molecular weight is 220 g/mol. The summed E-state index contributed by atoms with van der Waals surface area (Å²) in [7, 11) is 0. The maximum Gasteiger partial charge on any atom is 0.307 e. The third kappa shape index (κ3) is 2.92. The first kappa shape index (κ1) is 12.4. The van der Waals surface area contributed by atoms with Crippen LogP contribution < -0.4 is 0 Å². The molecule has 0 aliphatic rings. The quantitative estimate of drug-likeness (QED) is 0.796. The molecule has 0 fully saturated rings. The molecule has 1 aromatic rings. The highest BCUT2D eigenvalue weighted by atomic mass is 16.4. The Hall–Kier alpha value is -1.64. The number of carbonyl (C=O) groups is 2. The number of carboxylic acids is 1. The van der Waals surface area contributed by atoms with Gasteiger partial charge in [0.1, 0.15) is 0 Å². The highest BCUT2D eigenvalue weighted by Gasteiger charge is 2.25. The van der Waals surface area contributed by atoms with Gasteiger partial charge in [-0.15, -0.1) is 0 Å². The Bertz CT molecular complexity index is 413. The van der Waals surface area contributed by atoms with Crippen LogP contribution in [0.15, 0.2) is 24.3 Å². The van der Waals surface area contributed by atoms with E-state index < -0.39 is 11.4 Å². The molecule has 3 heteroatoms. The van der Waals surface area contributed by atoms with Gasteiger partial charge in [-0.3, -0.25) is 9.59 Å². The number of Topliss-reactive ketones (excluding diaryl/α,β-unsaturated/α-hetero) is 1. The smallest absolute Gasteiger partial charge is 0.307 e. The molecule has 0 atom stereocenters. The molecule has 0 aliphatic heterocycles. The standard InChI is InChI=1S/C13H16O3/c1-13(2,3)12(16)10-7-5-4-6-9(10)8-11(14)15/h4-7H,8H2,1-3H3,(H,14,15). The Labute approximate surface area is 95.1 Å². The summed E-state index contributed by atoms with van der Waals surface area (Å²) in [6, 6.07) is 6.88. The van der Waals surface area contributed by atoms with Gasteiger partial charge >= 0.3 is 5.97 Å². The number of carbonyl (C=O) groups excluding carboxylic acids is 1. The molecular weight excluding hydrogens is 204 g/mol. The van der Waals surface area contributed by atoms with Crippen molar-refractivity contribution in [3.8, 4) is 0 Å². The summed E-state index contributed by atoms with van der Waals surface area (Å²) in [5.74, 6) is -0.946. The third-order valence-corrected chi connectivity index (χ3v) is 2.28. The summed E-state index contributed by atoms with van der Waals surface area (Å²) in [6.07, 6.45) is -0.113. The first-order chi connectivity index (χ1) is 7.32. The molecule has 1 aromatic carbocycles. The monoisotopic (exact) mass is 220 g/mol. The lowest BCUT2D eigenvalue weighted by Crippen LogP contribution is -2.22. The van der Waals surface area contributed by atoms with Crippen molar-refractivity contribution in [1.82, 2.24) is 0 Å². The number of rotatable bonds is 3. The molecule has 0 amide bonds. The minimum absolute atomic E-state index is 0.0237. The second-order valence-electron chi connectivity index (χ2n) is 4.81. The van der Waals surface area contributed by atoms with Gasteiger partial charge in [-0.25, -0.2) is 0 Å². The minimum Gasteiger partial charge on any atom is -0.481 e. The second-order valence-corrected chi connectivity index (χ2v) is 4.81. The fraction of sp³-hybridized carbons (Fsp3) is 0.385. The molecule has 0 saturated carbocycles. The fourth-order valence-corrected chi connectivity index (χ4v) is 1.46. The summed E-state index contributed by atoms with van der Waals surface area (Å²) in [5.41, 5.74) is 0.599. The fourth-order valence-electron chi connectivity index (χ4n) is 1.46. The number of benzene rings is 1. The van der Waals surface area contributed by atoms with Crippen LogP contribution in [0.4, 0.5) is 0 Å². The number of aliphatic carboxylic acids is 1. The lowest BCUT2D eigenvalue weighted by Gasteiger charge is -2.18. The molecule has 0 aromatic heterocycles. The Balaban J connectivity index is 3.13. The Morgan fingerprint density at radius 3 is 2.25 bits per heavy atom. The van der Waals surface area contributed by atoms with Crippen molar-refractivity contribution in [2.45, 2.75) is 27.2 Å². The van der Waals surface area contributed by atoms with Gasteiger partial charge in [-0.05, 0) is 5.56 Å². The molecule has 0 saturated heterocycles. The first-order valence-electron chi connectivity index (χ1n) is 5.17. The van der Waals surface area contributed by atoms with Crippen LogP contribution in [0.3, 0.4) is 0 Å². The van der Waals surface area contributed by atoms with Crippen molar-refractivity contribution in [3.05, 3.63) is 35.4 Å². The topological polar surface area (TPSA) is 54.4 Å². The number of carboxylic acid groups (broad SMARTS) is 1. The van der Waals surface area contributed by atoms with E-state index in [4.69, 9.17) is 5.11 Å². The molecular formula is C13H16O3. The van der Waals surface area contributed by atoms with E-state index >= 15 is 0 Å². The van der Waals surface area contributed by atoms with Gasteiger partial charge in [0.25, 0.3) is 0 Å².